The summed E-state index contributed by atoms with van der Waals surface area (Å²) in [5.41, 5.74) is -0.721. The molecule has 134 valence electrons. The molecule has 0 radical (unpaired) electrons. The summed E-state index contributed by atoms with van der Waals surface area (Å²) in [6, 6.07) is 10.3. The first-order chi connectivity index (χ1) is 11.6. The summed E-state index contributed by atoms with van der Waals surface area (Å²) in [6.45, 7) is -0.374. The van der Waals surface area contributed by atoms with E-state index in [1.54, 1.807) is 0 Å². The number of benzene rings is 2. The van der Waals surface area contributed by atoms with E-state index in [1.807, 2.05) is 0 Å². The average Bonchev–Trinajstić information content (AvgIpc) is 2.52. The lowest BCUT2D eigenvalue weighted by atomic mass is 10.1. The Kier molecular flexibility index (Phi) is 5.36. The van der Waals surface area contributed by atoms with Crippen LogP contribution in [0.3, 0.4) is 0 Å². The number of carbonyl (C=O) groups is 1. The van der Waals surface area contributed by atoms with E-state index < -0.39 is 27.5 Å². The van der Waals surface area contributed by atoms with Gasteiger partial charge >= 0.3 is 6.18 Å². The van der Waals surface area contributed by atoms with E-state index in [9.17, 15) is 26.4 Å². The maximum atomic E-state index is 12.9. The predicted molar refractivity (Wildman–Crippen MR) is 88.1 cm³/mol. The van der Waals surface area contributed by atoms with Crippen LogP contribution >= 0.6 is 0 Å². The first-order valence-electron chi connectivity index (χ1n) is 7.07. The van der Waals surface area contributed by atoms with Crippen LogP contribution in [0, 0.1) is 0 Å². The van der Waals surface area contributed by atoms with Crippen molar-refractivity contribution in [3.8, 4) is 0 Å². The number of hydrogen-bond acceptors (Lipinski definition) is 4. The van der Waals surface area contributed by atoms with Crippen LogP contribution in [0.15, 0.2) is 53.4 Å². The maximum Gasteiger partial charge on any atom is 0.418 e. The molecule has 0 aliphatic rings. The molecular weight excluding hydrogens is 357 g/mol. The molecule has 0 fully saturated rings. The Morgan fingerprint density at radius 1 is 1.04 bits per heavy atom. The van der Waals surface area contributed by atoms with E-state index in [0.29, 0.717) is 5.69 Å². The zero-order valence-electron chi connectivity index (χ0n) is 13.1. The number of carbonyl (C=O) groups excluding carboxylic acids is 1. The second kappa shape index (κ2) is 7.14. The van der Waals surface area contributed by atoms with Gasteiger partial charge in [-0.1, -0.05) is 12.1 Å². The van der Waals surface area contributed by atoms with E-state index >= 15 is 0 Å². The Morgan fingerprint density at radius 3 is 2.20 bits per heavy atom. The molecular formula is C16H15F3N2O3S. The lowest BCUT2D eigenvalue weighted by molar-refractivity contribution is -0.137. The second-order valence-corrected chi connectivity index (χ2v) is 7.26. The van der Waals surface area contributed by atoms with Crippen molar-refractivity contribution in [2.75, 3.05) is 23.4 Å². The van der Waals surface area contributed by atoms with Crippen LogP contribution in [0.2, 0.25) is 0 Å². The van der Waals surface area contributed by atoms with Gasteiger partial charge in [0.2, 0.25) is 5.91 Å². The number of halogens is 3. The van der Waals surface area contributed by atoms with Crippen molar-refractivity contribution in [3.63, 3.8) is 0 Å². The number of amides is 1. The van der Waals surface area contributed by atoms with Crippen LogP contribution in [0.25, 0.3) is 0 Å². The van der Waals surface area contributed by atoms with E-state index in [-0.39, 0.29) is 17.1 Å². The van der Waals surface area contributed by atoms with E-state index in [2.05, 4.69) is 10.6 Å². The minimum absolute atomic E-state index is 0.0997. The molecule has 0 aromatic heterocycles. The van der Waals surface area contributed by atoms with Crippen molar-refractivity contribution in [1.82, 2.24) is 0 Å². The number of nitrogens with one attached hydrogen (secondary N) is 2. The molecule has 0 aliphatic heterocycles. The molecule has 2 N–H and O–H groups in total. The number of sulfone groups is 1. The fraction of sp³-hybridized carbons (Fsp3) is 0.188. The fourth-order valence-electron chi connectivity index (χ4n) is 2.05. The number of para-hydroxylation sites is 1. The summed E-state index contributed by atoms with van der Waals surface area (Å²) < 4.78 is 61.3. The van der Waals surface area contributed by atoms with Gasteiger partial charge in [-0.3, -0.25) is 4.79 Å². The number of alkyl halides is 3. The van der Waals surface area contributed by atoms with Crippen molar-refractivity contribution in [1.29, 1.82) is 0 Å². The van der Waals surface area contributed by atoms with Crippen molar-refractivity contribution in [2.45, 2.75) is 11.1 Å². The lowest BCUT2D eigenvalue weighted by Crippen LogP contribution is -2.23. The van der Waals surface area contributed by atoms with Gasteiger partial charge in [0.05, 0.1) is 17.0 Å². The summed E-state index contributed by atoms with van der Waals surface area (Å²) in [4.78, 5) is 12.0. The molecule has 0 unspecified atom stereocenters. The SMILES string of the molecule is CS(=O)(=O)c1ccc(NC(=O)CNc2ccccc2C(F)(F)F)cc1. The van der Waals surface area contributed by atoms with Gasteiger partial charge in [-0.15, -0.1) is 0 Å². The molecule has 2 rings (SSSR count). The minimum atomic E-state index is -4.53. The monoisotopic (exact) mass is 372 g/mol. The first kappa shape index (κ1) is 18.8. The molecule has 0 saturated heterocycles. The number of anilines is 2. The Bertz CT molecular complexity index is 863. The molecule has 2 aromatic carbocycles. The van der Waals surface area contributed by atoms with Crippen molar-refractivity contribution >= 4 is 27.1 Å². The van der Waals surface area contributed by atoms with Crippen LogP contribution in [0.5, 0.6) is 0 Å². The zero-order valence-corrected chi connectivity index (χ0v) is 13.9. The maximum absolute atomic E-state index is 12.9. The Balaban J connectivity index is 2.00. The fourth-order valence-corrected chi connectivity index (χ4v) is 2.68. The molecule has 1 amide bonds. The molecule has 0 saturated carbocycles. The van der Waals surface area contributed by atoms with Crippen molar-refractivity contribution in [2.24, 2.45) is 0 Å². The van der Waals surface area contributed by atoms with Gasteiger partial charge in [0.1, 0.15) is 0 Å². The molecule has 25 heavy (non-hydrogen) atoms. The predicted octanol–water partition coefficient (Wildman–Crippen LogP) is 3.16. The quantitative estimate of drug-likeness (QED) is 0.845. The molecule has 5 nitrogen and oxygen atoms in total. The second-order valence-electron chi connectivity index (χ2n) is 5.24. The minimum Gasteiger partial charge on any atom is -0.376 e. The normalized spacial score (nSPS) is 11.8. The largest absolute Gasteiger partial charge is 0.418 e. The van der Waals surface area contributed by atoms with Gasteiger partial charge in [0.25, 0.3) is 0 Å². The molecule has 0 aliphatic carbocycles. The highest BCUT2D eigenvalue weighted by Crippen LogP contribution is 2.34. The summed E-state index contributed by atoms with van der Waals surface area (Å²) in [5, 5.41) is 4.92. The molecule has 9 heteroatoms. The first-order valence-corrected chi connectivity index (χ1v) is 8.96. The summed E-state index contributed by atoms with van der Waals surface area (Å²) in [5.74, 6) is -0.566. The summed E-state index contributed by atoms with van der Waals surface area (Å²) >= 11 is 0. The Hall–Kier alpha value is -2.55. The topological polar surface area (TPSA) is 75.3 Å². The smallest absolute Gasteiger partial charge is 0.376 e. The van der Waals surface area contributed by atoms with E-state index in [1.165, 1.54) is 42.5 Å². The molecule has 0 spiro atoms. The Labute approximate surface area is 142 Å². The third kappa shape index (κ3) is 5.21. The number of hydrogen-bond donors (Lipinski definition) is 2. The highest BCUT2D eigenvalue weighted by atomic mass is 32.2. The van der Waals surface area contributed by atoms with Crippen LogP contribution < -0.4 is 10.6 Å². The number of rotatable bonds is 5. The van der Waals surface area contributed by atoms with E-state index in [0.717, 1.165) is 12.3 Å². The van der Waals surface area contributed by atoms with Gasteiger partial charge in [0.15, 0.2) is 9.84 Å². The third-order valence-corrected chi connectivity index (χ3v) is 4.37. The van der Waals surface area contributed by atoms with Gasteiger partial charge in [-0.05, 0) is 36.4 Å². The highest BCUT2D eigenvalue weighted by Gasteiger charge is 2.33. The van der Waals surface area contributed by atoms with Gasteiger partial charge in [-0.25, -0.2) is 8.42 Å². The molecule has 2 aromatic rings. The van der Waals surface area contributed by atoms with E-state index in [4.69, 9.17) is 0 Å². The Morgan fingerprint density at radius 2 is 1.64 bits per heavy atom. The van der Waals surface area contributed by atoms with Crippen molar-refractivity contribution < 1.29 is 26.4 Å². The summed E-state index contributed by atoms with van der Waals surface area (Å²) in [6.07, 6.45) is -3.47. The molecule has 0 bridgehead atoms. The third-order valence-electron chi connectivity index (χ3n) is 3.24. The van der Waals surface area contributed by atoms with Gasteiger partial charge in [0, 0.05) is 17.6 Å². The average molecular weight is 372 g/mol. The van der Waals surface area contributed by atoms with Crippen LogP contribution in [0.4, 0.5) is 24.5 Å². The summed E-state index contributed by atoms with van der Waals surface area (Å²) in [7, 11) is -3.34. The zero-order chi connectivity index (χ0) is 18.7. The van der Waals surface area contributed by atoms with Crippen LogP contribution in [-0.2, 0) is 20.8 Å². The van der Waals surface area contributed by atoms with Crippen molar-refractivity contribution in [3.05, 3.63) is 54.1 Å². The lowest BCUT2D eigenvalue weighted by Gasteiger charge is -2.14. The molecule has 0 atom stereocenters. The van der Waals surface area contributed by atoms with Crippen LogP contribution in [0.1, 0.15) is 5.56 Å². The van der Waals surface area contributed by atoms with Crippen LogP contribution in [-0.4, -0.2) is 27.1 Å². The van der Waals surface area contributed by atoms with Gasteiger partial charge in [-0.2, -0.15) is 13.2 Å². The molecule has 0 heterocycles. The van der Waals surface area contributed by atoms with Gasteiger partial charge < -0.3 is 10.6 Å². The standard InChI is InChI=1S/C16H15F3N2O3S/c1-25(23,24)12-8-6-11(7-9-12)21-15(22)10-20-14-5-3-2-4-13(14)16(17,18)19/h2-9,20H,10H2,1H3,(H,21,22). The highest BCUT2D eigenvalue weighted by molar-refractivity contribution is 7.90.